The maximum atomic E-state index is 9.08. The molecule has 0 aliphatic heterocycles. The lowest BCUT2D eigenvalue weighted by atomic mass is 10.1. The third-order valence-electron chi connectivity index (χ3n) is 2.55. The standard InChI is InChI=1S/C13H10Cl3NO2/c1-19-13-9(3-2-8(6-18)17-13)12-10(15)4-7(14)5-11(12)16/h2-5,18H,6H2,1H3. The molecule has 0 radical (unpaired) electrons. The minimum atomic E-state index is -0.168. The summed E-state index contributed by atoms with van der Waals surface area (Å²) < 4.78 is 5.21. The smallest absolute Gasteiger partial charge is 0.221 e. The fourth-order valence-corrected chi connectivity index (χ4v) is 2.73. The average Bonchev–Trinajstić information content (AvgIpc) is 2.37. The van der Waals surface area contributed by atoms with Crippen molar-refractivity contribution in [3.63, 3.8) is 0 Å². The van der Waals surface area contributed by atoms with Crippen molar-refractivity contribution in [1.29, 1.82) is 0 Å². The number of hydrogen-bond donors (Lipinski definition) is 1. The van der Waals surface area contributed by atoms with Gasteiger partial charge in [0, 0.05) is 16.1 Å². The zero-order valence-electron chi connectivity index (χ0n) is 9.95. The Morgan fingerprint density at radius 1 is 1.16 bits per heavy atom. The Morgan fingerprint density at radius 3 is 2.32 bits per heavy atom. The normalized spacial score (nSPS) is 10.6. The minimum absolute atomic E-state index is 0.168. The molecule has 100 valence electrons. The topological polar surface area (TPSA) is 42.4 Å². The number of methoxy groups -OCH3 is 1. The summed E-state index contributed by atoms with van der Waals surface area (Å²) in [4.78, 5) is 4.17. The fourth-order valence-electron chi connectivity index (χ4n) is 1.71. The van der Waals surface area contributed by atoms with E-state index in [9.17, 15) is 0 Å². The van der Waals surface area contributed by atoms with E-state index in [4.69, 9.17) is 44.6 Å². The molecular weight excluding hydrogens is 309 g/mol. The minimum Gasteiger partial charge on any atom is -0.481 e. The molecule has 2 aromatic rings. The number of halogens is 3. The van der Waals surface area contributed by atoms with Gasteiger partial charge in [-0.15, -0.1) is 0 Å². The second kappa shape index (κ2) is 5.97. The Morgan fingerprint density at radius 2 is 1.79 bits per heavy atom. The summed E-state index contributed by atoms with van der Waals surface area (Å²) in [6, 6.07) is 6.63. The monoisotopic (exact) mass is 317 g/mol. The van der Waals surface area contributed by atoms with Gasteiger partial charge in [-0.3, -0.25) is 0 Å². The van der Waals surface area contributed by atoms with Gasteiger partial charge in [0.25, 0.3) is 0 Å². The second-order valence-electron chi connectivity index (χ2n) is 3.76. The van der Waals surface area contributed by atoms with Crippen molar-refractivity contribution in [1.82, 2.24) is 4.98 Å². The van der Waals surface area contributed by atoms with E-state index in [1.807, 2.05) is 0 Å². The molecule has 0 amide bonds. The summed E-state index contributed by atoms with van der Waals surface area (Å²) in [5.41, 5.74) is 1.75. The predicted molar refractivity (Wildman–Crippen MR) is 77.2 cm³/mol. The van der Waals surface area contributed by atoms with Crippen molar-refractivity contribution in [2.45, 2.75) is 6.61 Å². The number of nitrogens with zero attached hydrogens (tertiary/aromatic N) is 1. The third kappa shape index (κ3) is 2.95. The number of aromatic nitrogens is 1. The number of ether oxygens (including phenoxy) is 1. The number of rotatable bonds is 3. The highest BCUT2D eigenvalue weighted by Gasteiger charge is 2.16. The van der Waals surface area contributed by atoms with Crippen LogP contribution in [0, 0.1) is 0 Å². The molecule has 1 aromatic heterocycles. The largest absolute Gasteiger partial charge is 0.481 e. The van der Waals surface area contributed by atoms with Gasteiger partial charge in [-0.25, -0.2) is 4.98 Å². The lowest BCUT2D eigenvalue weighted by Gasteiger charge is -2.12. The van der Waals surface area contributed by atoms with E-state index in [2.05, 4.69) is 4.98 Å². The van der Waals surface area contributed by atoms with E-state index in [1.54, 1.807) is 24.3 Å². The Hall–Kier alpha value is -1.000. The van der Waals surface area contributed by atoms with Gasteiger partial charge in [-0.1, -0.05) is 34.8 Å². The fraction of sp³-hybridized carbons (Fsp3) is 0.154. The van der Waals surface area contributed by atoms with Crippen LogP contribution in [0.2, 0.25) is 15.1 Å². The van der Waals surface area contributed by atoms with Gasteiger partial charge in [0.05, 0.1) is 29.5 Å². The first-order valence-electron chi connectivity index (χ1n) is 5.36. The first-order chi connectivity index (χ1) is 9.06. The Labute approximate surface area is 125 Å². The first-order valence-corrected chi connectivity index (χ1v) is 6.50. The molecule has 1 N–H and O–H groups in total. The zero-order chi connectivity index (χ0) is 14.0. The summed E-state index contributed by atoms with van der Waals surface area (Å²) in [5, 5.41) is 10.4. The highest BCUT2D eigenvalue weighted by molar-refractivity contribution is 6.41. The van der Waals surface area contributed by atoms with Crippen molar-refractivity contribution < 1.29 is 9.84 Å². The molecule has 0 unspecified atom stereocenters. The van der Waals surface area contributed by atoms with Gasteiger partial charge in [0.1, 0.15) is 0 Å². The molecule has 1 heterocycles. The van der Waals surface area contributed by atoms with Crippen molar-refractivity contribution >= 4 is 34.8 Å². The van der Waals surface area contributed by atoms with Gasteiger partial charge in [-0.2, -0.15) is 0 Å². The van der Waals surface area contributed by atoms with E-state index in [0.29, 0.717) is 37.8 Å². The molecule has 2 rings (SSSR count). The van der Waals surface area contributed by atoms with E-state index >= 15 is 0 Å². The summed E-state index contributed by atoms with van der Waals surface area (Å²) >= 11 is 18.2. The summed E-state index contributed by atoms with van der Waals surface area (Å²) in [5.74, 6) is 0.345. The molecule has 0 bridgehead atoms. The molecule has 0 atom stereocenters. The van der Waals surface area contributed by atoms with Gasteiger partial charge < -0.3 is 9.84 Å². The molecule has 0 spiro atoms. The number of pyridine rings is 1. The molecule has 0 saturated carbocycles. The molecule has 19 heavy (non-hydrogen) atoms. The summed E-state index contributed by atoms with van der Waals surface area (Å²) in [6.07, 6.45) is 0. The summed E-state index contributed by atoms with van der Waals surface area (Å²) in [7, 11) is 1.49. The molecule has 0 fully saturated rings. The lowest BCUT2D eigenvalue weighted by molar-refractivity contribution is 0.274. The van der Waals surface area contributed by atoms with Crippen molar-refractivity contribution in [3.8, 4) is 17.0 Å². The third-order valence-corrected chi connectivity index (χ3v) is 3.36. The van der Waals surface area contributed by atoms with Crippen molar-refractivity contribution in [2.75, 3.05) is 7.11 Å². The highest BCUT2D eigenvalue weighted by atomic mass is 35.5. The van der Waals surface area contributed by atoms with Crippen molar-refractivity contribution in [2.24, 2.45) is 0 Å². The van der Waals surface area contributed by atoms with Crippen LogP contribution >= 0.6 is 34.8 Å². The molecule has 0 saturated heterocycles. The van der Waals surface area contributed by atoms with E-state index in [-0.39, 0.29) is 6.61 Å². The SMILES string of the molecule is COc1nc(CO)ccc1-c1c(Cl)cc(Cl)cc1Cl. The zero-order valence-corrected chi connectivity index (χ0v) is 12.2. The number of benzene rings is 1. The lowest BCUT2D eigenvalue weighted by Crippen LogP contribution is -1.97. The number of aliphatic hydroxyl groups excluding tert-OH is 1. The van der Waals surface area contributed by atoms with Crippen LogP contribution in [0.4, 0.5) is 0 Å². The molecule has 1 aromatic carbocycles. The summed E-state index contributed by atoms with van der Waals surface area (Å²) in [6.45, 7) is -0.168. The Kier molecular flexibility index (Phi) is 4.53. The van der Waals surface area contributed by atoms with Crippen molar-refractivity contribution in [3.05, 3.63) is 45.0 Å². The van der Waals surface area contributed by atoms with Crippen LogP contribution in [-0.4, -0.2) is 17.2 Å². The van der Waals surface area contributed by atoms with E-state index < -0.39 is 0 Å². The van der Waals surface area contributed by atoms with Crippen LogP contribution < -0.4 is 4.74 Å². The van der Waals surface area contributed by atoms with Gasteiger partial charge in [0.2, 0.25) is 5.88 Å². The van der Waals surface area contributed by atoms with E-state index in [1.165, 1.54) is 7.11 Å². The Balaban J connectivity index is 2.65. The van der Waals surface area contributed by atoms with Crippen LogP contribution in [-0.2, 0) is 6.61 Å². The van der Waals surface area contributed by atoms with Gasteiger partial charge >= 0.3 is 0 Å². The molecule has 6 heteroatoms. The van der Waals surface area contributed by atoms with Crippen LogP contribution in [0.1, 0.15) is 5.69 Å². The van der Waals surface area contributed by atoms with E-state index in [0.717, 1.165) is 0 Å². The van der Waals surface area contributed by atoms with Crippen LogP contribution in [0.5, 0.6) is 5.88 Å². The maximum Gasteiger partial charge on any atom is 0.221 e. The average molecular weight is 319 g/mol. The Bertz CT molecular complexity index is 594. The molecule has 0 aliphatic carbocycles. The molecular formula is C13H10Cl3NO2. The van der Waals surface area contributed by atoms with Gasteiger partial charge in [-0.05, 0) is 24.3 Å². The van der Waals surface area contributed by atoms with Crippen LogP contribution in [0.15, 0.2) is 24.3 Å². The quantitative estimate of drug-likeness (QED) is 0.922. The first kappa shape index (κ1) is 14.4. The maximum absolute atomic E-state index is 9.08. The molecule has 0 aliphatic rings. The van der Waals surface area contributed by atoms with Gasteiger partial charge in [0.15, 0.2) is 0 Å². The number of hydrogen-bond acceptors (Lipinski definition) is 3. The highest BCUT2D eigenvalue weighted by Crippen LogP contribution is 2.40. The second-order valence-corrected chi connectivity index (χ2v) is 5.01. The predicted octanol–water partition coefficient (Wildman–Crippen LogP) is 4.21. The molecule has 3 nitrogen and oxygen atoms in total. The van der Waals surface area contributed by atoms with Crippen LogP contribution in [0.25, 0.3) is 11.1 Å². The van der Waals surface area contributed by atoms with Crippen LogP contribution in [0.3, 0.4) is 0 Å². The number of aliphatic hydroxyl groups is 1.